The topological polar surface area (TPSA) is 78.7 Å². The summed E-state index contributed by atoms with van der Waals surface area (Å²) in [4.78, 5) is 25.5. The van der Waals surface area contributed by atoms with Gasteiger partial charge in [0, 0.05) is 43.4 Å². The van der Waals surface area contributed by atoms with Crippen LogP contribution in [0.5, 0.6) is 0 Å². The summed E-state index contributed by atoms with van der Waals surface area (Å²) in [6.45, 7) is 1.59. The van der Waals surface area contributed by atoms with Crippen LogP contribution in [0, 0.1) is 40.3 Å². The Hall–Kier alpha value is -2.99. The van der Waals surface area contributed by atoms with Crippen LogP contribution in [0.25, 0.3) is 0 Å². The van der Waals surface area contributed by atoms with Gasteiger partial charge in [-0.25, -0.2) is 17.6 Å². The normalized spacial score (nSPS) is 13.8. The van der Waals surface area contributed by atoms with Crippen molar-refractivity contribution in [1.29, 1.82) is 0 Å². The Bertz CT molecular complexity index is 1100. The predicted molar refractivity (Wildman–Crippen MR) is 113 cm³/mol. The third-order valence-electron chi connectivity index (χ3n) is 4.96. The lowest BCUT2D eigenvalue weighted by molar-refractivity contribution is -0.385. The second-order valence-corrected chi connectivity index (χ2v) is 7.67. The Morgan fingerprint density at radius 1 is 1.09 bits per heavy atom. The number of amides is 1. The fraction of sp³-hybridized carbons (Fsp3) is 0.263. The van der Waals surface area contributed by atoms with E-state index in [-0.39, 0.29) is 42.5 Å². The third-order valence-corrected chi connectivity index (χ3v) is 5.65. The first-order valence-corrected chi connectivity index (χ1v) is 9.93. The Morgan fingerprint density at radius 2 is 1.66 bits per heavy atom. The number of thiocarbonyl (C=S) groups is 1. The highest BCUT2D eigenvalue weighted by Gasteiger charge is 2.30. The van der Waals surface area contributed by atoms with Crippen LogP contribution in [0.3, 0.4) is 0 Å². The summed E-state index contributed by atoms with van der Waals surface area (Å²) in [6, 6.07) is 3.97. The molecule has 7 nitrogen and oxygen atoms in total. The van der Waals surface area contributed by atoms with Gasteiger partial charge in [0.15, 0.2) is 28.4 Å². The fourth-order valence-electron chi connectivity index (χ4n) is 3.20. The molecule has 1 aliphatic rings. The van der Waals surface area contributed by atoms with Gasteiger partial charge in [0.2, 0.25) is 0 Å². The molecule has 2 aromatic rings. The van der Waals surface area contributed by atoms with Gasteiger partial charge in [0.1, 0.15) is 10.7 Å². The van der Waals surface area contributed by atoms with Gasteiger partial charge in [0.25, 0.3) is 11.6 Å². The van der Waals surface area contributed by atoms with Crippen molar-refractivity contribution in [1.82, 2.24) is 10.2 Å². The zero-order valence-electron chi connectivity index (χ0n) is 16.4. The molecular formula is C19H15ClF4N4O3S. The SMILES string of the molecule is Cc1ccc(C(=O)NC(=S)N2CCN(c3c(F)c(F)c(Cl)c(F)c3F)CC2)cc1[N+](=O)[O-]. The van der Waals surface area contributed by atoms with Gasteiger partial charge in [0.05, 0.1) is 4.92 Å². The Morgan fingerprint density at radius 3 is 2.19 bits per heavy atom. The van der Waals surface area contributed by atoms with Crippen molar-refractivity contribution in [2.75, 3.05) is 31.1 Å². The summed E-state index contributed by atoms with van der Waals surface area (Å²) in [5, 5.41) is 12.2. The summed E-state index contributed by atoms with van der Waals surface area (Å²) in [6.07, 6.45) is 0. The van der Waals surface area contributed by atoms with Crippen LogP contribution in [0.15, 0.2) is 18.2 Å². The number of carbonyl (C=O) groups is 1. The van der Waals surface area contributed by atoms with Crippen molar-refractivity contribution < 1.29 is 27.3 Å². The Labute approximate surface area is 189 Å². The van der Waals surface area contributed by atoms with E-state index in [0.717, 1.165) is 11.0 Å². The molecule has 0 radical (unpaired) electrons. The predicted octanol–water partition coefficient (Wildman–Crippen LogP) is 3.95. The van der Waals surface area contributed by atoms with Crippen molar-refractivity contribution in [3.8, 4) is 0 Å². The number of hydrogen-bond acceptors (Lipinski definition) is 5. The van der Waals surface area contributed by atoms with E-state index in [1.807, 2.05) is 0 Å². The van der Waals surface area contributed by atoms with E-state index in [1.54, 1.807) is 0 Å². The molecule has 1 amide bonds. The zero-order chi connectivity index (χ0) is 23.7. The van der Waals surface area contributed by atoms with E-state index in [2.05, 4.69) is 5.32 Å². The average molecular weight is 491 g/mol. The smallest absolute Gasteiger partial charge is 0.273 e. The molecule has 0 spiro atoms. The number of benzene rings is 2. The molecule has 0 saturated carbocycles. The first kappa shape index (κ1) is 23.7. The van der Waals surface area contributed by atoms with Gasteiger partial charge >= 0.3 is 0 Å². The molecule has 1 fully saturated rings. The molecule has 1 aliphatic heterocycles. The molecule has 1 N–H and O–H groups in total. The lowest BCUT2D eigenvalue weighted by Crippen LogP contribution is -2.53. The van der Waals surface area contributed by atoms with E-state index in [1.165, 1.54) is 24.0 Å². The number of rotatable bonds is 3. The van der Waals surface area contributed by atoms with Crippen LogP contribution in [0.4, 0.5) is 28.9 Å². The van der Waals surface area contributed by atoms with E-state index in [9.17, 15) is 32.5 Å². The maximum atomic E-state index is 14.2. The number of nitrogens with one attached hydrogen (secondary N) is 1. The van der Waals surface area contributed by atoms with E-state index < -0.39 is 44.8 Å². The molecule has 0 unspecified atom stereocenters. The molecule has 3 rings (SSSR count). The van der Waals surface area contributed by atoms with E-state index >= 15 is 0 Å². The maximum Gasteiger partial charge on any atom is 0.273 e. The molecule has 32 heavy (non-hydrogen) atoms. The van der Waals surface area contributed by atoms with Crippen molar-refractivity contribution in [3.05, 3.63) is 67.7 Å². The monoisotopic (exact) mass is 490 g/mol. The summed E-state index contributed by atoms with van der Waals surface area (Å²) >= 11 is 10.4. The van der Waals surface area contributed by atoms with Crippen molar-refractivity contribution in [2.45, 2.75) is 6.92 Å². The van der Waals surface area contributed by atoms with Crippen molar-refractivity contribution >= 4 is 46.2 Å². The van der Waals surface area contributed by atoms with Crippen LogP contribution >= 0.6 is 23.8 Å². The molecule has 0 bridgehead atoms. The number of aryl methyl sites for hydroxylation is 1. The highest BCUT2D eigenvalue weighted by Crippen LogP contribution is 2.33. The highest BCUT2D eigenvalue weighted by atomic mass is 35.5. The molecular weight excluding hydrogens is 476 g/mol. The minimum Gasteiger partial charge on any atom is -0.363 e. The van der Waals surface area contributed by atoms with Gasteiger partial charge in [-0.15, -0.1) is 0 Å². The van der Waals surface area contributed by atoms with Gasteiger partial charge in [-0.1, -0.05) is 17.7 Å². The standard InChI is InChI=1S/C19H15ClF4N4O3S/c1-9-2-3-10(8-11(9)28(30)31)18(29)25-19(32)27-6-4-26(5-7-27)17-15(23)13(21)12(20)14(22)16(17)24/h2-3,8H,4-7H2,1H3,(H,25,29,32). The summed E-state index contributed by atoms with van der Waals surface area (Å²) in [7, 11) is 0. The number of hydrogen-bond donors (Lipinski definition) is 1. The average Bonchev–Trinajstić information content (AvgIpc) is 2.77. The number of halogens is 5. The molecule has 2 aromatic carbocycles. The Balaban J connectivity index is 1.68. The first-order valence-electron chi connectivity index (χ1n) is 9.14. The molecule has 0 aliphatic carbocycles. The lowest BCUT2D eigenvalue weighted by atomic mass is 10.1. The minimum atomic E-state index is -1.68. The van der Waals surface area contributed by atoms with Crippen molar-refractivity contribution in [2.24, 2.45) is 0 Å². The molecule has 1 saturated heterocycles. The van der Waals surface area contributed by atoms with Crippen LogP contribution in [0.2, 0.25) is 5.02 Å². The van der Waals surface area contributed by atoms with Crippen LogP contribution in [-0.4, -0.2) is 47.0 Å². The number of anilines is 1. The second kappa shape index (κ2) is 9.25. The Kier molecular flexibility index (Phi) is 6.84. The fourth-order valence-corrected chi connectivity index (χ4v) is 3.64. The second-order valence-electron chi connectivity index (χ2n) is 6.91. The molecule has 1 heterocycles. The van der Waals surface area contributed by atoms with Crippen LogP contribution in [0.1, 0.15) is 15.9 Å². The number of nitro benzene ring substituents is 1. The van der Waals surface area contributed by atoms with Gasteiger partial charge in [-0.05, 0) is 25.2 Å². The first-order chi connectivity index (χ1) is 15.0. The number of nitro groups is 1. The van der Waals surface area contributed by atoms with Gasteiger partial charge in [-0.3, -0.25) is 20.2 Å². The third kappa shape index (κ3) is 4.46. The summed E-state index contributed by atoms with van der Waals surface area (Å²) in [5.41, 5.74) is -0.672. The van der Waals surface area contributed by atoms with Gasteiger partial charge in [-0.2, -0.15) is 0 Å². The van der Waals surface area contributed by atoms with E-state index in [4.69, 9.17) is 23.8 Å². The number of piperazine rings is 1. The van der Waals surface area contributed by atoms with Crippen molar-refractivity contribution in [3.63, 3.8) is 0 Å². The molecule has 0 atom stereocenters. The molecule has 170 valence electrons. The summed E-state index contributed by atoms with van der Waals surface area (Å²) < 4.78 is 55.8. The van der Waals surface area contributed by atoms with Crippen LogP contribution in [-0.2, 0) is 0 Å². The lowest BCUT2D eigenvalue weighted by Gasteiger charge is -2.37. The summed E-state index contributed by atoms with van der Waals surface area (Å²) in [5.74, 6) is -7.23. The maximum absolute atomic E-state index is 14.2. The minimum absolute atomic E-state index is 0.00714. The molecule has 13 heteroatoms. The number of carbonyl (C=O) groups excluding carboxylic acids is 1. The highest BCUT2D eigenvalue weighted by molar-refractivity contribution is 7.80. The number of nitrogens with zero attached hydrogens (tertiary/aromatic N) is 3. The quantitative estimate of drug-likeness (QED) is 0.175. The van der Waals surface area contributed by atoms with E-state index in [0.29, 0.717) is 5.56 Å². The zero-order valence-corrected chi connectivity index (χ0v) is 18.0. The largest absolute Gasteiger partial charge is 0.363 e. The van der Waals surface area contributed by atoms with Crippen LogP contribution < -0.4 is 10.2 Å². The van der Waals surface area contributed by atoms with Gasteiger partial charge < -0.3 is 9.80 Å². The molecule has 0 aromatic heterocycles.